The molecule has 10 heteroatoms. The van der Waals surface area contributed by atoms with Crippen molar-refractivity contribution in [3.05, 3.63) is 41.4 Å². The van der Waals surface area contributed by atoms with Crippen molar-refractivity contribution in [1.29, 1.82) is 0 Å². The minimum Gasteiger partial charge on any atom is -0.480 e. The summed E-state index contributed by atoms with van der Waals surface area (Å²) in [7, 11) is -4.10. The van der Waals surface area contributed by atoms with Gasteiger partial charge in [-0.1, -0.05) is 11.6 Å². The van der Waals surface area contributed by atoms with Gasteiger partial charge in [0.15, 0.2) is 0 Å². The van der Waals surface area contributed by atoms with Gasteiger partial charge < -0.3 is 5.11 Å². The number of nitrogens with zero attached hydrogens (tertiary/aromatic N) is 2. The van der Waals surface area contributed by atoms with Crippen molar-refractivity contribution in [2.24, 2.45) is 0 Å². The molecular weight excluding hydrogens is 325 g/mol. The van der Waals surface area contributed by atoms with Gasteiger partial charge in [0.05, 0.1) is 16.9 Å². The van der Waals surface area contributed by atoms with E-state index >= 15 is 0 Å². The van der Waals surface area contributed by atoms with Gasteiger partial charge in [-0.15, -0.1) is 0 Å². The van der Waals surface area contributed by atoms with Gasteiger partial charge in [0, 0.05) is 6.20 Å². The average Bonchev–Trinajstić information content (AvgIpc) is 2.77. The van der Waals surface area contributed by atoms with E-state index in [0.717, 1.165) is 29.1 Å². The molecule has 2 N–H and O–H groups in total. The van der Waals surface area contributed by atoms with Crippen LogP contribution in [0.2, 0.25) is 5.02 Å². The van der Waals surface area contributed by atoms with Crippen LogP contribution < -0.4 is 4.72 Å². The molecule has 0 spiro atoms. The molecule has 0 amide bonds. The number of anilines is 1. The van der Waals surface area contributed by atoms with E-state index in [4.69, 9.17) is 16.7 Å². The first-order chi connectivity index (χ1) is 9.78. The second kappa shape index (κ2) is 5.70. The van der Waals surface area contributed by atoms with Crippen molar-refractivity contribution in [1.82, 2.24) is 9.78 Å². The zero-order valence-corrected chi connectivity index (χ0v) is 11.9. The van der Waals surface area contributed by atoms with Crippen LogP contribution in [-0.4, -0.2) is 29.3 Å². The van der Waals surface area contributed by atoms with E-state index in [0.29, 0.717) is 0 Å². The Morgan fingerprint density at radius 2 is 2.19 bits per heavy atom. The molecule has 2 aromatic rings. The number of hydrogen-bond acceptors (Lipinski definition) is 4. The second-order valence-electron chi connectivity index (χ2n) is 4.00. The molecule has 1 aromatic heterocycles. The van der Waals surface area contributed by atoms with Crippen LogP contribution in [0.4, 0.5) is 10.1 Å². The maximum absolute atomic E-state index is 13.1. The molecule has 0 saturated heterocycles. The maximum Gasteiger partial charge on any atom is 0.325 e. The van der Waals surface area contributed by atoms with Gasteiger partial charge in [0.1, 0.15) is 17.3 Å². The molecule has 1 aromatic carbocycles. The number of sulfonamides is 1. The number of benzene rings is 1. The molecule has 112 valence electrons. The fraction of sp³-hybridized carbons (Fsp3) is 0.0909. The van der Waals surface area contributed by atoms with E-state index in [1.54, 1.807) is 0 Å². The van der Waals surface area contributed by atoms with E-state index in [1.165, 1.54) is 6.20 Å². The number of nitrogens with one attached hydrogen (secondary N) is 1. The lowest BCUT2D eigenvalue weighted by Gasteiger charge is -2.07. The standard InChI is InChI=1S/C11H9ClFN3O4S/c12-9-2-1-7(13)3-10(9)21(19,20)15-8-4-14-16(5-8)6-11(17)18/h1-5,15H,6H2,(H,17,18). The number of halogens is 2. The largest absolute Gasteiger partial charge is 0.480 e. The Kier molecular flexibility index (Phi) is 4.14. The topological polar surface area (TPSA) is 101 Å². The van der Waals surface area contributed by atoms with E-state index in [2.05, 4.69) is 9.82 Å². The van der Waals surface area contributed by atoms with Crippen molar-refractivity contribution < 1.29 is 22.7 Å². The Bertz CT molecular complexity index is 791. The molecule has 0 fully saturated rings. The summed E-state index contributed by atoms with van der Waals surface area (Å²) in [5, 5.41) is 12.1. The first-order valence-electron chi connectivity index (χ1n) is 5.50. The molecule has 0 bridgehead atoms. The summed E-state index contributed by atoms with van der Waals surface area (Å²) in [4.78, 5) is 10.1. The molecule has 0 radical (unpaired) electrons. The van der Waals surface area contributed by atoms with Gasteiger partial charge in [0.25, 0.3) is 10.0 Å². The molecule has 0 aliphatic heterocycles. The van der Waals surface area contributed by atoms with Crippen LogP contribution in [0.3, 0.4) is 0 Å². The number of hydrogen-bond donors (Lipinski definition) is 2. The molecule has 0 saturated carbocycles. The zero-order valence-electron chi connectivity index (χ0n) is 10.3. The van der Waals surface area contributed by atoms with Crippen LogP contribution >= 0.6 is 11.6 Å². The third-order valence-electron chi connectivity index (χ3n) is 2.37. The fourth-order valence-electron chi connectivity index (χ4n) is 1.53. The molecule has 0 atom stereocenters. The zero-order chi connectivity index (χ0) is 15.6. The van der Waals surface area contributed by atoms with Gasteiger partial charge in [0.2, 0.25) is 0 Å². The van der Waals surface area contributed by atoms with Crippen molar-refractivity contribution >= 4 is 33.3 Å². The summed E-state index contributed by atoms with van der Waals surface area (Å²) in [6, 6.07) is 2.94. The number of aliphatic carboxylic acids is 1. The molecule has 2 rings (SSSR count). The lowest BCUT2D eigenvalue weighted by molar-refractivity contribution is -0.137. The Labute approximate surface area is 124 Å². The Hall–Kier alpha value is -2.13. The van der Waals surface area contributed by atoms with Gasteiger partial charge in [-0.2, -0.15) is 5.10 Å². The summed E-state index contributed by atoms with van der Waals surface area (Å²) in [5.74, 6) is -1.87. The average molecular weight is 334 g/mol. The first kappa shape index (κ1) is 15.3. The molecular formula is C11H9ClFN3O4S. The van der Waals surface area contributed by atoms with Crippen molar-refractivity contribution in [2.75, 3.05) is 4.72 Å². The quantitative estimate of drug-likeness (QED) is 0.864. The monoisotopic (exact) mass is 333 g/mol. The van der Waals surface area contributed by atoms with E-state index in [1.807, 2.05) is 0 Å². The van der Waals surface area contributed by atoms with E-state index in [-0.39, 0.29) is 10.7 Å². The fourth-order valence-corrected chi connectivity index (χ4v) is 3.08. The predicted molar refractivity (Wildman–Crippen MR) is 72.1 cm³/mol. The number of rotatable bonds is 5. The highest BCUT2D eigenvalue weighted by molar-refractivity contribution is 7.92. The van der Waals surface area contributed by atoms with Crippen LogP contribution in [0.15, 0.2) is 35.5 Å². The SMILES string of the molecule is O=C(O)Cn1cc(NS(=O)(=O)c2cc(F)ccc2Cl)cn1. The molecule has 0 unspecified atom stereocenters. The Morgan fingerprint density at radius 1 is 1.48 bits per heavy atom. The summed E-state index contributed by atoms with van der Waals surface area (Å²) < 4.78 is 40.5. The van der Waals surface area contributed by atoms with Gasteiger partial charge in [-0.05, 0) is 18.2 Å². The number of carboxylic acid groups (broad SMARTS) is 1. The van der Waals surface area contributed by atoms with E-state index in [9.17, 15) is 17.6 Å². The normalized spacial score (nSPS) is 11.3. The smallest absolute Gasteiger partial charge is 0.325 e. The molecule has 21 heavy (non-hydrogen) atoms. The third kappa shape index (κ3) is 3.70. The van der Waals surface area contributed by atoms with Crippen LogP contribution in [0.25, 0.3) is 0 Å². The highest BCUT2D eigenvalue weighted by Crippen LogP contribution is 2.24. The summed E-state index contributed by atoms with van der Waals surface area (Å²) >= 11 is 5.74. The summed E-state index contributed by atoms with van der Waals surface area (Å²) in [6.07, 6.45) is 2.33. The van der Waals surface area contributed by atoms with Crippen molar-refractivity contribution in [3.8, 4) is 0 Å². The van der Waals surface area contributed by atoms with Gasteiger partial charge in [-0.25, -0.2) is 12.8 Å². The molecule has 1 heterocycles. The highest BCUT2D eigenvalue weighted by Gasteiger charge is 2.19. The number of carbonyl (C=O) groups is 1. The first-order valence-corrected chi connectivity index (χ1v) is 7.36. The van der Waals surface area contributed by atoms with Gasteiger partial charge >= 0.3 is 5.97 Å². The predicted octanol–water partition coefficient (Wildman–Crippen LogP) is 1.56. The Morgan fingerprint density at radius 3 is 2.86 bits per heavy atom. The van der Waals surface area contributed by atoms with Gasteiger partial charge in [-0.3, -0.25) is 14.2 Å². The minimum absolute atomic E-state index is 0.0385. The van der Waals surface area contributed by atoms with E-state index < -0.39 is 33.3 Å². The van der Waals surface area contributed by atoms with Crippen LogP contribution in [0.5, 0.6) is 0 Å². The van der Waals surface area contributed by atoms with Crippen molar-refractivity contribution in [3.63, 3.8) is 0 Å². The highest BCUT2D eigenvalue weighted by atomic mass is 35.5. The van der Waals surface area contributed by atoms with Crippen molar-refractivity contribution in [2.45, 2.75) is 11.4 Å². The van der Waals surface area contributed by atoms with Crippen LogP contribution in [-0.2, 0) is 21.4 Å². The molecule has 0 aliphatic rings. The molecule has 7 nitrogen and oxygen atoms in total. The minimum atomic E-state index is -4.10. The Balaban J connectivity index is 2.27. The lowest BCUT2D eigenvalue weighted by Crippen LogP contribution is -2.13. The van der Waals surface area contributed by atoms with Crippen LogP contribution in [0, 0.1) is 5.82 Å². The number of carboxylic acids is 1. The van der Waals surface area contributed by atoms with Crippen LogP contribution in [0.1, 0.15) is 0 Å². The third-order valence-corrected chi connectivity index (χ3v) is 4.23. The summed E-state index contributed by atoms with van der Waals surface area (Å²) in [5.41, 5.74) is 0.0385. The summed E-state index contributed by atoms with van der Waals surface area (Å²) in [6.45, 7) is -0.414. The lowest BCUT2D eigenvalue weighted by atomic mass is 10.3. The molecule has 0 aliphatic carbocycles. The second-order valence-corrected chi connectivity index (χ2v) is 6.06. The maximum atomic E-state index is 13.1. The number of aromatic nitrogens is 2.